The van der Waals surface area contributed by atoms with Crippen molar-refractivity contribution in [2.24, 2.45) is 11.7 Å². The molecule has 1 heterocycles. The molecular weight excluding hydrogens is 315 g/mol. The largest absolute Gasteiger partial charge is 0.359 e. The van der Waals surface area contributed by atoms with E-state index in [0.29, 0.717) is 5.92 Å². The molecule has 1 unspecified atom stereocenters. The van der Waals surface area contributed by atoms with E-state index in [1.165, 1.54) is 0 Å². The van der Waals surface area contributed by atoms with Gasteiger partial charge in [-0.1, -0.05) is 13.8 Å². The van der Waals surface area contributed by atoms with Crippen LogP contribution in [0.1, 0.15) is 20.3 Å². The summed E-state index contributed by atoms with van der Waals surface area (Å²) in [6, 6.07) is 0.252. The predicted molar refractivity (Wildman–Crippen MR) is 75.4 cm³/mol. The van der Waals surface area contributed by atoms with Crippen molar-refractivity contribution >= 4 is 28.4 Å². The molecule has 5 heteroatoms. The molecule has 0 aliphatic carbocycles. The van der Waals surface area contributed by atoms with Crippen molar-refractivity contribution in [1.82, 2.24) is 9.97 Å². The smallest absolute Gasteiger partial charge is 0.145 e. The summed E-state index contributed by atoms with van der Waals surface area (Å²) in [6.45, 7) is 5.23. The van der Waals surface area contributed by atoms with Crippen LogP contribution >= 0.6 is 22.6 Å². The number of hydrogen-bond acceptors (Lipinski definition) is 4. The number of hydrogen-bond donors (Lipinski definition) is 1. The number of aromatic nitrogens is 2. The molecule has 1 aromatic heterocycles. The van der Waals surface area contributed by atoms with Crippen LogP contribution in [0.15, 0.2) is 12.5 Å². The number of halogens is 1. The number of nitrogens with zero attached hydrogens (tertiary/aromatic N) is 3. The molecular formula is C11H19IN4. The van der Waals surface area contributed by atoms with Crippen molar-refractivity contribution in [2.75, 3.05) is 18.5 Å². The van der Waals surface area contributed by atoms with E-state index in [1.807, 2.05) is 13.2 Å². The van der Waals surface area contributed by atoms with Gasteiger partial charge < -0.3 is 10.6 Å². The summed E-state index contributed by atoms with van der Waals surface area (Å²) >= 11 is 2.25. The predicted octanol–water partition coefficient (Wildman–Crippen LogP) is 1.89. The van der Waals surface area contributed by atoms with E-state index in [1.54, 1.807) is 6.33 Å². The third kappa shape index (κ3) is 3.86. The molecule has 0 aromatic carbocycles. The first-order valence-electron chi connectivity index (χ1n) is 5.44. The molecule has 16 heavy (non-hydrogen) atoms. The Bertz CT molecular complexity index is 330. The third-order valence-corrected chi connectivity index (χ3v) is 3.42. The Morgan fingerprint density at radius 2 is 2.19 bits per heavy atom. The molecule has 1 rings (SSSR count). The Morgan fingerprint density at radius 3 is 2.75 bits per heavy atom. The minimum absolute atomic E-state index is 0.252. The quantitative estimate of drug-likeness (QED) is 0.836. The SMILES string of the molecule is CC(C)C(N)CCN(C)c1ncncc1I. The maximum absolute atomic E-state index is 6.02. The maximum atomic E-state index is 6.02. The molecule has 0 amide bonds. The molecule has 90 valence electrons. The van der Waals surface area contributed by atoms with Crippen molar-refractivity contribution < 1.29 is 0 Å². The Kier molecular flexibility index (Phi) is 5.40. The van der Waals surface area contributed by atoms with Gasteiger partial charge in [0.1, 0.15) is 12.1 Å². The molecule has 2 N–H and O–H groups in total. The normalized spacial score (nSPS) is 12.9. The second kappa shape index (κ2) is 6.34. The summed E-state index contributed by atoms with van der Waals surface area (Å²) in [7, 11) is 2.04. The van der Waals surface area contributed by atoms with Gasteiger partial charge in [0.15, 0.2) is 0 Å². The van der Waals surface area contributed by atoms with Crippen molar-refractivity contribution in [2.45, 2.75) is 26.3 Å². The summed E-state index contributed by atoms with van der Waals surface area (Å²) in [5, 5.41) is 0. The minimum Gasteiger partial charge on any atom is -0.359 e. The summed E-state index contributed by atoms with van der Waals surface area (Å²) < 4.78 is 1.07. The van der Waals surface area contributed by atoms with Gasteiger partial charge in [-0.25, -0.2) is 9.97 Å². The molecule has 4 nitrogen and oxygen atoms in total. The van der Waals surface area contributed by atoms with Crippen LogP contribution in [0.2, 0.25) is 0 Å². The molecule has 0 saturated carbocycles. The first-order valence-corrected chi connectivity index (χ1v) is 6.52. The summed E-state index contributed by atoms with van der Waals surface area (Å²) in [6.07, 6.45) is 4.38. The molecule has 0 bridgehead atoms. The summed E-state index contributed by atoms with van der Waals surface area (Å²) in [4.78, 5) is 10.4. The molecule has 0 fully saturated rings. The second-order valence-electron chi connectivity index (χ2n) is 4.31. The van der Waals surface area contributed by atoms with Crippen LogP contribution in [-0.4, -0.2) is 29.6 Å². The van der Waals surface area contributed by atoms with E-state index >= 15 is 0 Å². The van der Waals surface area contributed by atoms with Crippen LogP contribution in [0, 0.1) is 9.49 Å². The van der Waals surface area contributed by atoms with Crippen LogP contribution < -0.4 is 10.6 Å². The Morgan fingerprint density at radius 1 is 1.50 bits per heavy atom. The van der Waals surface area contributed by atoms with Crippen LogP contribution in [0.3, 0.4) is 0 Å². The second-order valence-corrected chi connectivity index (χ2v) is 5.47. The average molecular weight is 334 g/mol. The van der Waals surface area contributed by atoms with E-state index in [9.17, 15) is 0 Å². The van der Waals surface area contributed by atoms with Gasteiger partial charge in [-0.3, -0.25) is 0 Å². The van der Waals surface area contributed by atoms with Crippen LogP contribution in [-0.2, 0) is 0 Å². The molecule has 0 saturated heterocycles. The van der Waals surface area contributed by atoms with Gasteiger partial charge in [0, 0.05) is 25.8 Å². The van der Waals surface area contributed by atoms with Gasteiger partial charge in [-0.05, 0) is 34.9 Å². The molecule has 0 aliphatic rings. The Labute approximate surface area is 111 Å². The summed E-state index contributed by atoms with van der Waals surface area (Å²) in [5.41, 5.74) is 6.02. The van der Waals surface area contributed by atoms with Crippen molar-refractivity contribution in [3.8, 4) is 0 Å². The number of rotatable bonds is 5. The molecule has 1 atom stereocenters. The lowest BCUT2D eigenvalue weighted by atomic mass is 10.0. The average Bonchev–Trinajstić information content (AvgIpc) is 2.25. The first kappa shape index (κ1) is 13.6. The van der Waals surface area contributed by atoms with Crippen LogP contribution in [0.4, 0.5) is 5.82 Å². The summed E-state index contributed by atoms with van der Waals surface area (Å²) in [5.74, 6) is 1.50. The zero-order valence-electron chi connectivity index (χ0n) is 10.0. The molecule has 0 spiro atoms. The molecule has 0 radical (unpaired) electrons. The number of anilines is 1. The van der Waals surface area contributed by atoms with Gasteiger partial charge >= 0.3 is 0 Å². The zero-order valence-corrected chi connectivity index (χ0v) is 12.2. The highest BCUT2D eigenvalue weighted by atomic mass is 127. The fourth-order valence-corrected chi connectivity index (χ4v) is 2.08. The van der Waals surface area contributed by atoms with Gasteiger partial charge in [-0.15, -0.1) is 0 Å². The topological polar surface area (TPSA) is 55.0 Å². The van der Waals surface area contributed by atoms with Crippen LogP contribution in [0.5, 0.6) is 0 Å². The minimum atomic E-state index is 0.252. The highest BCUT2D eigenvalue weighted by molar-refractivity contribution is 14.1. The van der Waals surface area contributed by atoms with E-state index in [0.717, 1.165) is 22.4 Å². The van der Waals surface area contributed by atoms with E-state index in [4.69, 9.17) is 5.73 Å². The van der Waals surface area contributed by atoms with E-state index in [2.05, 4.69) is 51.3 Å². The molecule has 0 aliphatic heterocycles. The monoisotopic (exact) mass is 334 g/mol. The van der Waals surface area contributed by atoms with Gasteiger partial charge in [0.05, 0.1) is 3.57 Å². The highest BCUT2D eigenvalue weighted by Gasteiger charge is 2.11. The fourth-order valence-electron chi connectivity index (χ4n) is 1.37. The lowest BCUT2D eigenvalue weighted by molar-refractivity contribution is 0.465. The fraction of sp³-hybridized carbons (Fsp3) is 0.636. The van der Waals surface area contributed by atoms with Crippen molar-refractivity contribution in [1.29, 1.82) is 0 Å². The van der Waals surface area contributed by atoms with Gasteiger partial charge in [-0.2, -0.15) is 0 Å². The highest BCUT2D eigenvalue weighted by Crippen LogP contribution is 2.17. The van der Waals surface area contributed by atoms with Crippen molar-refractivity contribution in [3.05, 3.63) is 16.1 Å². The lowest BCUT2D eigenvalue weighted by Crippen LogP contribution is -2.32. The molecule has 1 aromatic rings. The Hall–Kier alpha value is -0.430. The maximum Gasteiger partial charge on any atom is 0.145 e. The van der Waals surface area contributed by atoms with E-state index < -0.39 is 0 Å². The van der Waals surface area contributed by atoms with E-state index in [-0.39, 0.29) is 6.04 Å². The third-order valence-electron chi connectivity index (χ3n) is 2.66. The first-order chi connectivity index (χ1) is 7.52. The lowest BCUT2D eigenvalue weighted by Gasteiger charge is -2.22. The Balaban J connectivity index is 2.53. The number of nitrogens with two attached hydrogens (primary N) is 1. The standard InChI is InChI=1S/C11H19IN4/c1-8(2)10(13)4-5-16(3)11-9(12)6-14-7-15-11/h6-8,10H,4-5,13H2,1-3H3. The van der Waals surface area contributed by atoms with Crippen LogP contribution in [0.25, 0.3) is 0 Å². The van der Waals surface area contributed by atoms with Crippen molar-refractivity contribution in [3.63, 3.8) is 0 Å². The van der Waals surface area contributed by atoms with Gasteiger partial charge in [0.2, 0.25) is 0 Å². The zero-order chi connectivity index (χ0) is 12.1. The van der Waals surface area contributed by atoms with Gasteiger partial charge in [0.25, 0.3) is 0 Å².